The Balaban J connectivity index is 1.39. The molecule has 4 rings (SSSR count). The number of hydrogen-bond donors (Lipinski definition) is 1. The van der Waals surface area contributed by atoms with Gasteiger partial charge in [-0.2, -0.15) is 0 Å². The van der Waals surface area contributed by atoms with Crippen molar-refractivity contribution in [3.63, 3.8) is 0 Å². The molecular weight excluding hydrogens is 376 g/mol. The van der Waals surface area contributed by atoms with Crippen molar-refractivity contribution in [3.05, 3.63) is 28.8 Å². The summed E-state index contributed by atoms with van der Waals surface area (Å²) >= 11 is 6.17. The van der Waals surface area contributed by atoms with E-state index in [2.05, 4.69) is 29.0 Å². The maximum Gasteiger partial charge on any atom is 0.326 e. The smallest absolute Gasteiger partial charge is 0.326 e. The zero-order valence-electron chi connectivity index (χ0n) is 16.7. The second kappa shape index (κ2) is 7.56. The second-order valence-electron chi connectivity index (χ2n) is 8.46. The van der Waals surface area contributed by atoms with Crippen LogP contribution in [0.3, 0.4) is 0 Å². The molecule has 1 aliphatic carbocycles. The number of halogens is 1. The van der Waals surface area contributed by atoms with Crippen LogP contribution in [0.2, 0.25) is 5.02 Å². The van der Waals surface area contributed by atoms with E-state index in [1.54, 1.807) is 0 Å². The Labute approximate surface area is 171 Å². The lowest BCUT2D eigenvalue weighted by Gasteiger charge is -2.39. The highest BCUT2D eigenvalue weighted by atomic mass is 35.5. The minimum Gasteiger partial charge on any atom is -0.369 e. The van der Waals surface area contributed by atoms with Gasteiger partial charge in [0.2, 0.25) is 0 Å². The van der Waals surface area contributed by atoms with Gasteiger partial charge < -0.3 is 10.2 Å². The van der Waals surface area contributed by atoms with E-state index in [1.807, 2.05) is 18.2 Å². The zero-order valence-corrected chi connectivity index (χ0v) is 17.5. The van der Waals surface area contributed by atoms with Gasteiger partial charge in [-0.3, -0.25) is 9.69 Å². The summed E-state index contributed by atoms with van der Waals surface area (Å²) in [4.78, 5) is 31.7. The van der Waals surface area contributed by atoms with Gasteiger partial charge in [0.1, 0.15) is 5.54 Å². The van der Waals surface area contributed by atoms with Crippen LogP contribution >= 0.6 is 11.6 Å². The predicted molar refractivity (Wildman–Crippen MR) is 111 cm³/mol. The zero-order chi connectivity index (χ0) is 19.9. The lowest BCUT2D eigenvalue weighted by molar-refractivity contribution is -0.135. The summed E-state index contributed by atoms with van der Waals surface area (Å²) in [6.45, 7) is 7.89. The first-order valence-corrected chi connectivity index (χ1v) is 10.7. The number of nitrogens with zero attached hydrogens (tertiary/aromatic N) is 3. The van der Waals surface area contributed by atoms with Crippen molar-refractivity contribution in [1.29, 1.82) is 0 Å². The summed E-state index contributed by atoms with van der Waals surface area (Å²) < 4.78 is 0. The maximum absolute atomic E-state index is 13.1. The van der Waals surface area contributed by atoms with E-state index in [9.17, 15) is 9.59 Å². The van der Waals surface area contributed by atoms with Gasteiger partial charge in [0.25, 0.3) is 5.91 Å². The summed E-state index contributed by atoms with van der Waals surface area (Å²) in [7, 11) is 0. The third-order valence-electron chi connectivity index (χ3n) is 6.73. The average molecular weight is 405 g/mol. The van der Waals surface area contributed by atoms with Crippen molar-refractivity contribution >= 4 is 29.2 Å². The number of rotatable bonds is 3. The first kappa shape index (κ1) is 19.5. The van der Waals surface area contributed by atoms with E-state index in [1.165, 1.54) is 10.5 Å². The van der Waals surface area contributed by atoms with Gasteiger partial charge in [-0.25, -0.2) is 9.69 Å². The minimum absolute atomic E-state index is 0.0298. The van der Waals surface area contributed by atoms with Gasteiger partial charge in [-0.15, -0.1) is 0 Å². The van der Waals surface area contributed by atoms with Gasteiger partial charge in [-0.1, -0.05) is 37.4 Å². The van der Waals surface area contributed by atoms with Crippen LogP contribution in [0.1, 0.15) is 38.2 Å². The number of hydrogen-bond acceptors (Lipinski definition) is 4. The third kappa shape index (κ3) is 3.37. The standard InChI is InChI=1S/C21H29ClN4O2/c1-15-6-7-17(22)13-18(15)25-11-9-24(10-12-25)14-26-19(27)21(23-20(26)28)8-4-3-5-16(21)2/h6-7,13,16H,3-5,8-12,14H2,1-2H3,(H,23,28)/t16-,21-/m0/s1. The van der Waals surface area contributed by atoms with Crippen LogP contribution < -0.4 is 10.2 Å². The van der Waals surface area contributed by atoms with Crippen LogP contribution in [0, 0.1) is 12.8 Å². The highest BCUT2D eigenvalue weighted by Crippen LogP contribution is 2.38. The molecular formula is C21H29ClN4O2. The van der Waals surface area contributed by atoms with E-state index < -0.39 is 5.54 Å². The van der Waals surface area contributed by atoms with Crippen molar-refractivity contribution in [2.45, 2.75) is 45.1 Å². The van der Waals surface area contributed by atoms with Gasteiger partial charge in [0, 0.05) is 36.9 Å². The predicted octanol–water partition coefficient (Wildman–Crippen LogP) is 3.23. The van der Waals surface area contributed by atoms with Crippen LogP contribution in [0.25, 0.3) is 0 Å². The maximum atomic E-state index is 13.1. The van der Waals surface area contributed by atoms with E-state index in [4.69, 9.17) is 11.6 Å². The number of imide groups is 1. The normalized spacial score (nSPS) is 28.9. The number of carbonyl (C=O) groups is 2. The van der Waals surface area contributed by atoms with Crippen LogP contribution in [0.5, 0.6) is 0 Å². The first-order valence-electron chi connectivity index (χ1n) is 10.3. The van der Waals surface area contributed by atoms with Gasteiger partial charge >= 0.3 is 6.03 Å². The van der Waals surface area contributed by atoms with Crippen LogP contribution in [0.15, 0.2) is 18.2 Å². The Morgan fingerprint density at radius 1 is 1.18 bits per heavy atom. The number of piperazine rings is 1. The molecule has 2 heterocycles. The Hall–Kier alpha value is -1.79. The van der Waals surface area contributed by atoms with Crippen molar-refractivity contribution in [1.82, 2.24) is 15.1 Å². The fourth-order valence-electron chi connectivity index (χ4n) is 4.88. The summed E-state index contributed by atoms with van der Waals surface area (Å²) in [6, 6.07) is 5.74. The number of nitrogens with one attached hydrogen (secondary N) is 1. The highest BCUT2D eigenvalue weighted by Gasteiger charge is 2.55. The molecule has 7 heteroatoms. The molecule has 3 amide bonds. The Bertz CT molecular complexity index is 778. The molecule has 0 bridgehead atoms. The molecule has 1 aromatic rings. The molecule has 1 aromatic carbocycles. The molecule has 0 unspecified atom stereocenters. The van der Waals surface area contributed by atoms with Gasteiger partial charge in [0.05, 0.1) is 6.67 Å². The average Bonchev–Trinajstić information content (AvgIpc) is 2.92. The van der Waals surface area contributed by atoms with Gasteiger partial charge in [0.15, 0.2) is 0 Å². The second-order valence-corrected chi connectivity index (χ2v) is 8.90. The Kier molecular flexibility index (Phi) is 5.27. The highest BCUT2D eigenvalue weighted by molar-refractivity contribution is 6.30. The minimum atomic E-state index is -0.672. The molecule has 28 heavy (non-hydrogen) atoms. The van der Waals surface area contributed by atoms with Crippen LogP contribution in [-0.4, -0.2) is 60.1 Å². The third-order valence-corrected chi connectivity index (χ3v) is 6.96. The molecule has 0 aromatic heterocycles. The van der Waals surface area contributed by atoms with E-state index in [0.717, 1.165) is 62.6 Å². The molecule has 1 saturated carbocycles. The number of carbonyl (C=O) groups excluding carboxylic acids is 2. The monoisotopic (exact) mass is 404 g/mol. The molecule has 3 aliphatic rings. The largest absolute Gasteiger partial charge is 0.369 e. The van der Waals surface area contributed by atoms with Crippen molar-refractivity contribution in [3.8, 4) is 0 Å². The van der Waals surface area contributed by atoms with Crippen molar-refractivity contribution in [2.24, 2.45) is 5.92 Å². The number of amides is 3. The van der Waals surface area contributed by atoms with E-state index in [0.29, 0.717) is 6.67 Å². The molecule has 6 nitrogen and oxygen atoms in total. The molecule has 2 aliphatic heterocycles. The summed E-state index contributed by atoms with van der Waals surface area (Å²) in [6.07, 6.45) is 3.90. The Morgan fingerprint density at radius 3 is 2.64 bits per heavy atom. The molecule has 3 fully saturated rings. The van der Waals surface area contributed by atoms with Crippen LogP contribution in [-0.2, 0) is 4.79 Å². The van der Waals surface area contributed by atoms with E-state index >= 15 is 0 Å². The molecule has 1 N–H and O–H groups in total. The molecule has 1 spiro atoms. The molecule has 0 radical (unpaired) electrons. The Morgan fingerprint density at radius 2 is 1.93 bits per heavy atom. The van der Waals surface area contributed by atoms with Crippen molar-refractivity contribution < 1.29 is 9.59 Å². The number of benzene rings is 1. The summed E-state index contributed by atoms with van der Waals surface area (Å²) in [5.41, 5.74) is 1.70. The van der Waals surface area contributed by atoms with Crippen LogP contribution in [0.4, 0.5) is 10.5 Å². The SMILES string of the molecule is Cc1ccc(Cl)cc1N1CCN(CN2C(=O)N[C@]3(CCCC[C@@H]3C)C2=O)CC1. The number of urea groups is 1. The topological polar surface area (TPSA) is 55.9 Å². The van der Waals surface area contributed by atoms with Gasteiger partial charge in [-0.05, 0) is 43.4 Å². The summed E-state index contributed by atoms with van der Waals surface area (Å²) in [5.74, 6) is 0.170. The van der Waals surface area contributed by atoms with E-state index in [-0.39, 0.29) is 17.9 Å². The first-order chi connectivity index (χ1) is 13.4. The number of aryl methyl sites for hydroxylation is 1. The fourth-order valence-corrected chi connectivity index (χ4v) is 5.04. The summed E-state index contributed by atoms with van der Waals surface area (Å²) in [5, 5.41) is 3.79. The van der Waals surface area contributed by atoms with Crippen molar-refractivity contribution in [2.75, 3.05) is 37.7 Å². The molecule has 152 valence electrons. The lowest BCUT2D eigenvalue weighted by atomic mass is 9.73. The lowest BCUT2D eigenvalue weighted by Crippen LogP contribution is -2.55. The molecule has 2 atom stereocenters. The quantitative estimate of drug-likeness (QED) is 0.786. The number of anilines is 1. The molecule has 2 saturated heterocycles. The fraction of sp³-hybridized carbons (Fsp3) is 0.619.